The molecule has 0 unspecified atom stereocenters. The first-order valence-corrected chi connectivity index (χ1v) is 21.1. The van der Waals surface area contributed by atoms with Crippen LogP contribution in [0.1, 0.15) is 25.0 Å². The van der Waals surface area contributed by atoms with Gasteiger partial charge in [0.25, 0.3) is 0 Å². The van der Waals surface area contributed by atoms with Gasteiger partial charge in [-0.15, -0.1) is 34.0 Å². The maximum atomic E-state index is 2.48. The Morgan fingerprint density at radius 2 is 0.636 bits per heavy atom. The standard InChI is InChI=1S/C51H37NS3/c1-51(2)41-32-38(49-30-28-46(54-49)35-14-8-4-9-15-35)20-24-43(41)52(40-22-18-37(19-23-40)48-27-26-45(53-48)34-12-6-3-7-13-34)44-25-21-39(33-42(44)51)50-31-29-47(55-50)36-16-10-5-11-17-36/h3-33H,1-2H3. The second-order valence-corrected chi connectivity index (χ2v) is 17.8. The van der Waals surface area contributed by atoms with Crippen LogP contribution in [0.25, 0.3) is 62.6 Å². The zero-order valence-electron chi connectivity index (χ0n) is 30.6. The molecule has 4 heterocycles. The van der Waals surface area contributed by atoms with Crippen molar-refractivity contribution in [3.63, 3.8) is 0 Å². The van der Waals surface area contributed by atoms with Crippen LogP contribution in [-0.2, 0) is 5.41 Å². The third-order valence-corrected chi connectivity index (χ3v) is 14.3. The zero-order valence-corrected chi connectivity index (χ0v) is 33.0. The number of nitrogens with zero attached hydrogens (tertiary/aromatic N) is 1. The van der Waals surface area contributed by atoms with Crippen molar-refractivity contribution >= 4 is 51.1 Å². The third kappa shape index (κ3) is 6.17. The van der Waals surface area contributed by atoms with E-state index in [9.17, 15) is 0 Å². The fourth-order valence-electron chi connectivity index (χ4n) is 7.85. The number of fused-ring (bicyclic) bond motifs is 2. The molecule has 1 nitrogen and oxygen atoms in total. The fourth-order valence-corrected chi connectivity index (χ4v) is 10.9. The highest BCUT2D eigenvalue weighted by molar-refractivity contribution is 7.19. The molecule has 0 saturated carbocycles. The minimum atomic E-state index is -0.239. The van der Waals surface area contributed by atoms with E-state index >= 15 is 0 Å². The van der Waals surface area contributed by atoms with Crippen molar-refractivity contribution in [2.24, 2.45) is 0 Å². The first-order chi connectivity index (χ1) is 27.0. The Kier molecular flexibility index (Phi) is 8.48. The van der Waals surface area contributed by atoms with Crippen LogP contribution in [0.4, 0.5) is 17.1 Å². The van der Waals surface area contributed by atoms with E-state index in [1.54, 1.807) is 0 Å². The molecule has 0 saturated heterocycles. The normalized spacial score (nSPS) is 13.0. The molecule has 1 aliphatic rings. The van der Waals surface area contributed by atoms with Gasteiger partial charge in [0.15, 0.2) is 0 Å². The number of thiophene rings is 3. The second-order valence-electron chi connectivity index (χ2n) is 14.6. The smallest absolute Gasteiger partial charge is 0.0503 e. The molecule has 0 spiro atoms. The number of hydrogen-bond acceptors (Lipinski definition) is 4. The van der Waals surface area contributed by atoms with Gasteiger partial charge in [-0.05, 0) is 117 Å². The highest BCUT2D eigenvalue weighted by Gasteiger charge is 2.37. The summed E-state index contributed by atoms with van der Waals surface area (Å²) in [5.74, 6) is 0. The molecule has 55 heavy (non-hydrogen) atoms. The lowest BCUT2D eigenvalue weighted by molar-refractivity contribution is 0.632. The Hall–Kier alpha value is -5.78. The van der Waals surface area contributed by atoms with E-state index in [0.29, 0.717) is 0 Å². The molecule has 0 amide bonds. The minimum Gasteiger partial charge on any atom is -0.310 e. The Morgan fingerprint density at radius 1 is 0.327 bits per heavy atom. The molecule has 1 aliphatic heterocycles. The van der Waals surface area contributed by atoms with Crippen molar-refractivity contribution in [1.29, 1.82) is 0 Å². The predicted octanol–water partition coefficient (Wildman–Crippen LogP) is 16.0. The molecule has 0 radical (unpaired) electrons. The monoisotopic (exact) mass is 759 g/mol. The van der Waals surface area contributed by atoms with Gasteiger partial charge in [-0.25, -0.2) is 0 Å². The van der Waals surface area contributed by atoms with Gasteiger partial charge in [-0.3, -0.25) is 0 Å². The highest BCUT2D eigenvalue weighted by atomic mass is 32.1. The molecule has 0 N–H and O–H groups in total. The fraction of sp³-hybridized carbons (Fsp3) is 0.0588. The zero-order chi connectivity index (χ0) is 36.9. The summed E-state index contributed by atoms with van der Waals surface area (Å²) < 4.78 is 0. The molecule has 0 fully saturated rings. The van der Waals surface area contributed by atoms with Gasteiger partial charge < -0.3 is 4.90 Å². The van der Waals surface area contributed by atoms with Crippen LogP contribution in [-0.4, -0.2) is 0 Å². The van der Waals surface area contributed by atoms with Crippen LogP contribution in [0.5, 0.6) is 0 Å². The van der Waals surface area contributed by atoms with Gasteiger partial charge in [0.2, 0.25) is 0 Å². The maximum Gasteiger partial charge on any atom is 0.0503 e. The van der Waals surface area contributed by atoms with Gasteiger partial charge in [-0.1, -0.05) is 129 Å². The number of benzene rings is 6. The van der Waals surface area contributed by atoms with E-state index in [0.717, 1.165) is 5.69 Å². The van der Waals surface area contributed by atoms with E-state index in [2.05, 4.69) is 207 Å². The third-order valence-electron chi connectivity index (χ3n) is 10.8. The molecule has 10 rings (SSSR count). The van der Waals surface area contributed by atoms with E-state index in [4.69, 9.17) is 0 Å². The van der Waals surface area contributed by atoms with Crippen LogP contribution in [0.3, 0.4) is 0 Å². The molecule has 6 aromatic carbocycles. The van der Waals surface area contributed by atoms with Crippen molar-refractivity contribution in [3.05, 3.63) is 199 Å². The highest BCUT2D eigenvalue weighted by Crippen LogP contribution is 2.54. The average molecular weight is 760 g/mol. The molecule has 0 bridgehead atoms. The maximum absolute atomic E-state index is 2.48. The summed E-state index contributed by atoms with van der Waals surface area (Å²) in [5, 5.41) is 0. The van der Waals surface area contributed by atoms with Crippen molar-refractivity contribution < 1.29 is 0 Å². The molecule has 264 valence electrons. The summed E-state index contributed by atoms with van der Waals surface area (Å²) in [6.07, 6.45) is 0. The summed E-state index contributed by atoms with van der Waals surface area (Å²) in [6.45, 7) is 4.79. The van der Waals surface area contributed by atoms with Crippen LogP contribution in [0.2, 0.25) is 0 Å². The summed E-state index contributed by atoms with van der Waals surface area (Å²) in [4.78, 5) is 10.2. The van der Waals surface area contributed by atoms with E-state index in [-0.39, 0.29) is 5.41 Å². The minimum absolute atomic E-state index is 0.239. The van der Waals surface area contributed by atoms with Crippen LogP contribution in [0.15, 0.2) is 188 Å². The van der Waals surface area contributed by atoms with Crippen molar-refractivity contribution in [3.8, 4) is 62.6 Å². The number of hydrogen-bond donors (Lipinski definition) is 0. The summed E-state index contributed by atoms with van der Waals surface area (Å²) >= 11 is 5.57. The van der Waals surface area contributed by atoms with Crippen LogP contribution < -0.4 is 4.90 Å². The van der Waals surface area contributed by atoms with Gasteiger partial charge in [-0.2, -0.15) is 0 Å². The number of anilines is 3. The number of rotatable bonds is 7. The Labute approximate surface area is 335 Å². The second kappa shape index (κ2) is 13.8. The first-order valence-electron chi connectivity index (χ1n) is 18.7. The van der Waals surface area contributed by atoms with Gasteiger partial charge in [0.1, 0.15) is 0 Å². The summed E-state index contributed by atoms with van der Waals surface area (Å²) in [7, 11) is 0. The van der Waals surface area contributed by atoms with E-state index in [1.807, 2.05) is 34.0 Å². The van der Waals surface area contributed by atoms with Gasteiger partial charge >= 0.3 is 0 Å². The molecular formula is C51H37NS3. The molecule has 9 aromatic rings. The molecule has 0 aliphatic carbocycles. The Bertz CT molecular complexity index is 2640. The average Bonchev–Trinajstić information content (AvgIpc) is 4.05. The topological polar surface area (TPSA) is 3.24 Å². The quantitative estimate of drug-likeness (QED) is 0.156. The summed E-state index contributed by atoms with van der Waals surface area (Å²) in [6, 6.07) is 69.0. The van der Waals surface area contributed by atoms with Crippen LogP contribution >= 0.6 is 34.0 Å². The lowest BCUT2D eigenvalue weighted by Gasteiger charge is -2.42. The van der Waals surface area contributed by atoms with Crippen LogP contribution in [0, 0.1) is 0 Å². The predicted molar refractivity (Wildman–Crippen MR) is 239 cm³/mol. The van der Waals surface area contributed by atoms with Gasteiger partial charge in [0, 0.05) is 40.4 Å². The Balaban J connectivity index is 1.07. The summed E-state index contributed by atoms with van der Waals surface area (Å²) in [5.41, 5.74) is 13.6. The SMILES string of the molecule is CC1(C)c2cc(-c3ccc(-c4ccccc4)s3)ccc2N(c2ccc(-c3ccc(-c4ccccc4)s3)cc2)c2ccc(-c3ccc(-c4ccccc4)s3)cc21. The van der Waals surface area contributed by atoms with Crippen molar-refractivity contribution in [2.45, 2.75) is 19.3 Å². The largest absolute Gasteiger partial charge is 0.310 e. The lowest BCUT2D eigenvalue weighted by Crippen LogP contribution is -2.30. The lowest BCUT2D eigenvalue weighted by atomic mass is 9.72. The molecular weight excluding hydrogens is 723 g/mol. The first kappa shape index (κ1) is 33.8. The molecule has 4 heteroatoms. The molecule has 3 aromatic heterocycles. The molecule has 0 atom stereocenters. The van der Waals surface area contributed by atoms with Crippen molar-refractivity contribution in [2.75, 3.05) is 4.90 Å². The van der Waals surface area contributed by atoms with E-state index < -0.39 is 0 Å². The van der Waals surface area contributed by atoms with Gasteiger partial charge in [0.05, 0.1) is 11.4 Å². The Morgan fingerprint density at radius 3 is 1.00 bits per heavy atom. The van der Waals surface area contributed by atoms with Crippen molar-refractivity contribution in [1.82, 2.24) is 0 Å². The van der Waals surface area contributed by atoms with E-state index in [1.165, 1.54) is 85.1 Å².